The number of carbonyl (C=O) groups excluding carboxylic acids is 1. The van der Waals surface area contributed by atoms with Gasteiger partial charge in [0.05, 0.1) is 0 Å². The van der Waals surface area contributed by atoms with Crippen molar-refractivity contribution in [3.05, 3.63) is 0 Å². The number of ether oxygens (including phenoxy) is 1. The molecule has 1 rings (SSSR count). The molecule has 7 heteroatoms. The van der Waals surface area contributed by atoms with Crippen molar-refractivity contribution in [1.82, 2.24) is 15.5 Å². The van der Waals surface area contributed by atoms with E-state index in [1.165, 1.54) is 0 Å². The summed E-state index contributed by atoms with van der Waals surface area (Å²) in [6.07, 6.45) is 5.53. The molecule has 1 fully saturated rings. The third kappa shape index (κ3) is 9.45. The van der Waals surface area contributed by atoms with Gasteiger partial charge in [0.15, 0.2) is 5.96 Å². The van der Waals surface area contributed by atoms with Gasteiger partial charge < -0.3 is 20.3 Å². The Bertz CT molecular complexity index is 321. The number of rotatable bonds is 9. The maximum atomic E-state index is 12.0. The molecule has 0 aliphatic carbocycles. The van der Waals surface area contributed by atoms with Crippen LogP contribution in [0.25, 0.3) is 0 Å². The molecule has 1 amide bonds. The summed E-state index contributed by atoms with van der Waals surface area (Å²) in [5.41, 5.74) is 0. The first-order valence-electron chi connectivity index (χ1n) is 8.06. The molecule has 0 spiro atoms. The molecule has 0 atom stereocenters. The minimum absolute atomic E-state index is 0. The van der Waals surface area contributed by atoms with Gasteiger partial charge in [-0.2, -0.15) is 0 Å². The van der Waals surface area contributed by atoms with Crippen LogP contribution in [0.15, 0.2) is 4.99 Å². The van der Waals surface area contributed by atoms with Crippen LogP contribution in [0, 0.1) is 0 Å². The average Bonchev–Trinajstić information content (AvgIpc) is 3.02. The molecular formula is C15H31IN4O2. The van der Waals surface area contributed by atoms with E-state index in [4.69, 9.17) is 4.74 Å². The number of amides is 1. The molecule has 6 nitrogen and oxygen atoms in total. The molecule has 2 N–H and O–H groups in total. The minimum atomic E-state index is 0. The fraction of sp³-hybridized carbons (Fsp3) is 0.867. The van der Waals surface area contributed by atoms with Crippen molar-refractivity contribution in [2.24, 2.45) is 4.99 Å². The molecule has 0 radical (unpaired) electrons. The zero-order valence-corrected chi connectivity index (χ0v) is 16.2. The van der Waals surface area contributed by atoms with Gasteiger partial charge in [0.25, 0.3) is 0 Å². The van der Waals surface area contributed by atoms with Crippen LogP contribution in [-0.2, 0) is 9.53 Å². The second kappa shape index (κ2) is 14.0. The SMILES string of the molecule is CCNC(=NCC(=O)N1CCCC1)NCCCCCOC.I. The molecule has 1 aliphatic rings. The van der Waals surface area contributed by atoms with E-state index in [9.17, 15) is 4.79 Å². The number of carbonyl (C=O) groups is 1. The number of methoxy groups -OCH3 is 1. The van der Waals surface area contributed by atoms with Crippen LogP contribution in [0.3, 0.4) is 0 Å². The highest BCUT2D eigenvalue weighted by molar-refractivity contribution is 14.0. The van der Waals surface area contributed by atoms with Gasteiger partial charge in [-0.25, -0.2) is 4.99 Å². The Morgan fingerprint density at radius 2 is 1.91 bits per heavy atom. The number of hydrogen-bond donors (Lipinski definition) is 2. The molecular weight excluding hydrogens is 395 g/mol. The van der Waals surface area contributed by atoms with Crippen LogP contribution in [0.1, 0.15) is 39.0 Å². The van der Waals surface area contributed by atoms with Gasteiger partial charge in [-0.1, -0.05) is 0 Å². The first kappa shape index (κ1) is 21.4. The van der Waals surface area contributed by atoms with Gasteiger partial charge in [-0.3, -0.25) is 4.79 Å². The highest BCUT2D eigenvalue weighted by Gasteiger charge is 2.17. The van der Waals surface area contributed by atoms with Gasteiger partial charge in [0.2, 0.25) is 5.91 Å². The number of guanidine groups is 1. The molecule has 1 saturated heterocycles. The number of hydrogen-bond acceptors (Lipinski definition) is 3. The Labute approximate surface area is 151 Å². The number of nitrogens with one attached hydrogen (secondary N) is 2. The standard InChI is InChI=1S/C15H30N4O2.HI/c1-3-16-15(17-9-5-4-8-12-21-2)18-13-14(20)19-10-6-7-11-19;/h3-13H2,1-2H3,(H2,16,17,18);1H. The highest BCUT2D eigenvalue weighted by atomic mass is 127. The van der Waals surface area contributed by atoms with E-state index < -0.39 is 0 Å². The minimum Gasteiger partial charge on any atom is -0.385 e. The second-order valence-electron chi connectivity index (χ2n) is 5.26. The molecule has 0 aromatic rings. The van der Waals surface area contributed by atoms with E-state index in [0.717, 1.165) is 70.8 Å². The third-order valence-corrected chi connectivity index (χ3v) is 3.49. The van der Waals surface area contributed by atoms with Gasteiger partial charge in [-0.15, -0.1) is 24.0 Å². The summed E-state index contributed by atoms with van der Waals surface area (Å²) < 4.78 is 5.02. The second-order valence-corrected chi connectivity index (χ2v) is 5.26. The highest BCUT2D eigenvalue weighted by Crippen LogP contribution is 2.07. The van der Waals surface area contributed by atoms with Crippen LogP contribution in [-0.4, -0.2) is 63.2 Å². The fourth-order valence-electron chi connectivity index (χ4n) is 2.31. The topological polar surface area (TPSA) is 66.0 Å². The maximum Gasteiger partial charge on any atom is 0.244 e. The lowest BCUT2D eigenvalue weighted by Gasteiger charge is -2.15. The molecule has 0 aromatic heterocycles. The molecule has 22 heavy (non-hydrogen) atoms. The van der Waals surface area contributed by atoms with E-state index >= 15 is 0 Å². The maximum absolute atomic E-state index is 12.0. The smallest absolute Gasteiger partial charge is 0.244 e. The zero-order chi connectivity index (χ0) is 15.3. The van der Waals surface area contributed by atoms with Gasteiger partial charge >= 0.3 is 0 Å². The van der Waals surface area contributed by atoms with Crippen molar-refractivity contribution >= 4 is 35.8 Å². The largest absolute Gasteiger partial charge is 0.385 e. The van der Waals surface area contributed by atoms with Crippen LogP contribution in [0.4, 0.5) is 0 Å². The van der Waals surface area contributed by atoms with Crippen molar-refractivity contribution in [1.29, 1.82) is 0 Å². The van der Waals surface area contributed by atoms with Crippen LogP contribution in [0.2, 0.25) is 0 Å². The van der Waals surface area contributed by atoms with E-state index in [1.807, 2.05) is 11.8 Å². The summed E-state index contributed by atoms with van der Waals surface area (Å²) in [5, 5.41) is 6.44. The summed E-state index contributed by atoms with van der Waals surface area (Å²) in [5.74, 6) is 0.863. The summed E-state index contributed by atoms with van der Waals surface area (Å²) in [6.45, 7) is 6.52. The Kier molecular flexibility index (Phi) is 13.7. The van der Waals surface area contributed by atoms with Crippen molar-refractivity contribution in [3.63, 3.8) is 0 Å². The average molecular weight is 426 g/mol. The molecule has 0 bridgehead atoms. The van der Waals surface area contributed by atoms with Crippen LogP contribution < -0.4 is 10.6 Å². The summed E-state index contributed by atoms with van der Waals surface area (Å²) >= 11 is 0. The lowest BCUT2D eigenvalue weighted by Crippen LogP contribution is -2.39. The van der Waals surface area contributed by atoms with Crippen molar-refractivity contribution in [3.8, 4) is 0 Å². The Balaban J connectivity index is 0.00000441. The summed E-state index contributed by atoms with van der Waals surface area (Å²) in [4.78, 5) is 18.2. The molecule has 0 aromatic carbocycles. The van der Waals surface area contributed by atoms with Crippen LogP contribution in [0.5, 0.6) is 0 Å². The first-order chi connectivity index (χ1) is 10.3. The van der Waals surface area contributed by atoms with Crippen LogP contribution >= 0.6 is 24.0 Å². The Hall–Kier alpha value is -0.570. The van der Waals surface area contributed by atoms with Crippen molar-refractivity contribution in [2.75, 3.05) is 46.4 Å². The zero-order valence-electron chi connectivity index (χ0n) is 13.9. The van der Waals surface area contributed by atoms with E-state index in [2.05, 4.69) is 15.6 Å². The van der Waals surface area contributed by atoms with Crippen molar-refractivity contribution in [2.45, 2.75) is 39.0 Å². The molecule has 1 aliphatic heterocycles. The van der Waals surface area contributed by atoms with E-state index in [-0.39, 0.29) is 36.4 Å². The molecule has 1 heterocycles. The fourth-order valence-corrected chi connectivity index (χ4v) is 2.31. The number of likely N-dealkylation sites (tertiary alicyclic amines) is 1. The molecule has 130 valence electrons. The van der Waals surface area contributed by atoms with Gasteiger partial charge in [-0.05, 0) is 39.0 Å². The Morgan fingerprint density at radius 3 is 2.55 bits per heavy atom. The van der Waals surface area contributed by atoms with Gasteiger partial charge in [0.1, 0.15) is 6.54 Å². The number of nitrogens with zero attached hydrogens (tertiary/aromatic N) is 2. The Morgan fingerprint density at radius 1 is 1.18 bits per heavy atom. The quantitative estimate of drug-likeness (QED) is 0.255. The number of halogens is 1. The lowest BCUT2D eigenvalue weighted by molar-refractivity contribution is -0.128. The summed E-state index contributed by atoms with van der Waals surface area (Å²) in [6, 6.07) is 0. The number of aliphatic imine (C=N–C) groups is 1. The predicted molar refractivity (Wildman–Crippen MR) is 101 cm³/mol. The van der Waals surface area contributed by atoms with E-state index in [1.54, 1.807) is 7.11 Å². The number of unbranched alkanes of at least 4 members (excludes halogenated alkanes) is 2. The van der Waals surface area contributed by atoms with Crippen molar-refractivity contribution < 1.29 is 9.53 Å². The third-order valence-electron chi connectivity index (χ3n) is 3.49. The van der Waals surface area contributed by atoms with Gasteiger partial charge in [0, 0.05) is 39.9 Å². The van der Waals surface area contributed by atoms with E-state index in [0.29, 0.717) is 0 Å². The molecule has 0 saturated carbocycles. The first-order valence-corrected chi connectivity index (χ1v) is 8.06. The summed E-state index contributed by atoms with van der Waals surface area (Å²) in [7, 11) is 1.73. The monoisotopic (exact) mass is 426 g/mol. The molecule has 0 unspecified atom stereocenters. The normalized spacial score (nSPS) is 14.6. The predicted octanol–water partition coefficient (Wildman–Crippen LogP) is 1.60. The lowest BCUT2D eigenvalue weighted by atomic mass is 10.2.